The zero-order valence-corrected chi connectivity index (χ0v) is 24.1. The van der Waals surface area contributed by atoms with Crippen molar-refractivity contribution in [1.82, 2.24) is 15.0 Å². The van der Waals surface area contributed by atoms with E-state index < -0.39 is 5.82 Å². The zero-order chi connectivity index (χ0) is 28.9. The normalized spacial score (nSPS) is 12.7. The van der Waals surface area contributed by atoms with E-state index in [1.54, 1.807) is 19.1 Å². The maximum absolute atomic E-state index is 13.9. The van der Waals surface area contributed by atoms with Gasteiger partial charge in [-0.3, -0.25) is 4.79 Å². The molecule has 1 heterocycles. The van der Waals surface area contributed by atoms with Crippen LogP contribution >= 0.6 is 0 Å². The third kappa shape index (κ3) is 9.44. The molecular weight excluding hydrogens is 499 g/mol. The number of benzene rings is 2. The Morgan fingerprint density at radius 3 is 2.31 bits per heavy atom. The van der Waals surface area contributed by atoms with Gasteiger partial charge in [-0.25, -0.2) is 4.39 Å². The number of aldehydes is 1. The number of allylic oxidation sites excluding steroid dienone is 1. The first-order valence-electron chi connectivity index (χ1n) is 13.0. The highest BCUT2D eigenvalue weighted by atomic mass is 19.1. The molecule has 2 aromatic carbocycles. The molecule has 39 heavy (non-hydrogen) atoms. The summed E-state index contributed by atoms with van der Waals surface area (Å²) in [5, 5.41) is 8.15. The van der Waals surface area contributed by atoms with Gasteiger partial charge in [0.05, 0.1) is 11.3 Å². The minimum Gasteiger partial charge on any atom is -0.482 e. The number of aromatic nitrogens is 2. The van der Waals surface area contributed by atoms with Gasteiger partial charge in [0.25, 0.3) is 0 Å². The maximum atomic E-state index is 13.9. The fourth-order valence-electron chi connectivity index (χ4n) is 3.10. The number of hydrogen-bond acceptors (Lipinski definition) is 8. The maximum Gasteiger partial charge on any atom is 0.229 e. The highest BCUT2D eigenvalue weighted by Crippen LogP contribution is 2.24. The van der Waals surface area contributed by atoms with Crippen LogP contribution in [0.25, 0.3) is 11.4 Å². The van der Waals surface area contributed by atoms with Crippen molar-refractivity contribution in [3.05, 3.63) is 77.1 Å². The van der Waals surface area contributed by atoms with E-state index in [0.717, 1.165) is 12.1 Å². The van der Waals surface area contributed by atoms with Gasteiger partial charge in [0, 0.05) is 17.0 Å². The van der Waals surface area contributed by atoms with Crippen LogP contribution in [-0.2, 0) is 4.84 Å². The summed E-state index contributed by atoms with van der Waals surface area (Å²) in [5.74, 6) is 1.85. The number of hydrogen-bond donors (Lipinski definition) is 0. The second-order valence-electron chi connectivity index (χ2n) is 9.36. The molecule has 8 nitrogen and oxygen atoms in total. The Morgan fingerprint density at radius 1 is 1.15 bits per heavy atom. The molecule has 0 saturated heterocycles. The monoisotopic (exact) mass is 538 g/mol. The van der Waals surface area contributed by atoms with Crippen LogP contribution in [0.4, 0.5) is 4.39 Å². The largest absolute Gasteiger partial charge is 0.482 e. The minimum absolute atomic E-state index is 0.00299. The Kier molecular flexibility index (Phi) is 12.5. The lowest BCUT2D eigenvalue weighted by molar-refractivity contribution is 0.111. The van der Waals surface area contributed by atoms with Crippen LogP contribution in [0.5, 0.6) is 5.75 Å². The molecular formula is C30H39FN4O4. The fraction of sp³-hybridized carbons (Fsp3) is 0.400. The minimum atomic E-state index is -0.604. The number of carbonyl (C=O) groups is 1. The lowest BCUT2D eigenvalue weighted by atomic mass is 10.1. The Bertz CT molecular complexity index is 1250. The van der Waals surface area contributed by atoms with Crippen molar-refractivity contribution in [2.45, 2.75) is 60.0 Å². The highest BCUT2D eigenvalue weighted by molar-refractivity contribution is 5.98. The van der Waals surface area contributed by atoms with Crippen molar-refractivity contribution in [1.29, 1.82) is 0 Å². The molecule has 1 atom stereocenters. The first-order chi connectivity index (χ1) is 18.6. The first kappa shape index (κ1) is 31.4. The Labute approximate surface area is 230 Å². The van der Waals surface area contributed by atoms with E-state index >= 15 is 0 Å². The molecule has 1 aromatic heterocycles. The van der Waals surface area contributed by atoms with Crippen molar-refractivity contribution < 1.29 is 23.3 Å². The lowest BCUT2D eigenvalue weighted by Gasteiger charge is -2.19. The molecule has 210 valence electrons. The van der Waals surface area contributed by atoms with E-state index in [2.05, 4.69) is 41.2 Å². The van der Waals surface area contributed by atoms with Gasteiger partial charge in [-0.15, -0.1) is 0 Å². The number of rotatable bonds is 11. The molecule has 0 fully saturated rings. The Morgan fingerprint density at radius 2 is 1.82 bits per heavy atom. The molecule has 0 aliphatic heterocycles. The van der Waals surface area contributed by atoms with Gasteiger partial charge in [0.1, 0.15) is 11.6 Å². The van der Waals surface area contributed by atoms with Crippen LogP contribution in [-0.4, -0.2) is 53.8 Å². The molecule has 0 amide bonds. The summed E-state index contributed by atoms with van der Waals surface area (Å²) >= 11 is 0. The SMILES string of the molecule is C/C=C(/O/N=C(\C)c1ccc(C=O)c(F)c1)C(CC)Oc1ccc(-c2noc(C(C)C)n2)cc1.CCN(C)C. The van der Waals surface area contributed by atoms with E-state index in [9.17, 15) is 9.18 Å². The second kappa shape index (κ2) is 15.5. The van der Waals surface area contributed by atoms with Crippen LogP contribution < -0.4 is 4.74 Å². The van der Waals surface area contributed by atoms with Gasteiger partial charge in [-0.2, -0.15) is 4.98 Å². The molecule has 0 spiro atoms. The third-order valence-corrected chi connectivity index (χ3v) is 5.76. The second-order valence-corrected chi connectivity index (χ2v) is 9.36. The summed E-state index contributed by atoms with van der Waals surface area (Å²) < 4.78 is 25.3. The van der Waals surface area contributed by atoms with Gasteiger partial charge in [-0.1, -0.05) is 44.1 Å². The average molecular weight is 539 g/mol. The van der Waals surface area contributed by atoms with Gasteiger partial charge < -0.3 is 19.0 Å². The summed E-state index contributed by atoms with van der Waals surface area (Å²) in [7, 11) is 4.11. The fourth-order valence-corrected chi connectivity index (χ4v) is 3.10. The van der Waals surface area contributed by atoms with Crippen molar-refractivity contribution >= 4 is 12.0 Å². The topological polar surface area (TPSA) is 90.0 Å². The van der Waals surface area contributed by atoms with Crippen molar-refractivity contribution in [3.63, 3.8) is 0 Å². The third-order valence-electron chi connectivity index (χ3n) is 5.76. The van der Waals surface area contributed by atoms with Crippen molar-refractivity contribution in [3.8, 4) is 17.1 Å². The number of ether oxygens (including phenoxy) is 1. The molecule has 3 aromatic rings. The average Bonchev–Trinajstić information content (AvgIpc) is 3.44. The molecule has 9 heteroatoms. The smallest absolute Gasteiger partial charge is 0.229 e. The van der Waals surface area contributed by atoms with E-state index in [1.807, 2.05) is 52.0 Å². The predicted molar refractivity (Wildman–Crippen MR) is 152 cm³/mol. The van der Waals surface area contributed by atoms with Gasteiger partial charge in [0.15, 0.2) is 18.1 Å². The quantitative estimate of drug-likeness (QED) is 0.114. The molecule has 0 aliphatic rings. The van der Waals surface area contributed by atoms with Gasteiger partial charge >= 0.3 is 0 Å². The number of nitrogens with zero attached hydrogens (tertiary/aromatic N) is 4. The van der Waals surface area contributed by atoms with E-state index in [1.165, 1.54) is 12.1 Å². The zero-order valence-electron chi connectivity index (χ0n) is 24.1. The van der Waals surface area contributed by atoms with Crippen molar-refractivity contribution in [2.24, 2.45) is 5.16 Å². The van der Waals surface area contributed by atoms with Gasteiger partial charge in [0.2, 0.25) is 11.7 Å². The van der Waals surface area contributed by atoms with E-state index in [0.29, 0.717) is 47.2 Å². The Balaban J connectivity index is 0.000000976. The molecule has 0 aliphatic carbocycles. The summed E-state index contributed by atoms with van der Waals surface area (Å²) in [6.45, 7) is 12.8. The first-order valence-corrected chi connectivity index (χ1v) is 13.0. The molecule has 3 rings (SSSR count). The van der Waals surface area contributed by atoms with E-state index in [-0.39, 0.29) is 17.6 Å². The van der Waals surface area contributed by atoms with E-state index in [4.69, 9.17) is 14.1 Å². The molecule has 1 unspecified atom stereocenters. The standard InChI is InChI=1S/C26H28FN3O4.C4H11N/c1-6-23(24(7-2)33-29-17(5)19-8-9-20(15-31)22(27)14-19)32-21-12-10-18(11-13-21)25-28-26(16(3)4)34-30-25;1-4-5(2)3/h7-16,23H,6H2,1-5H3;4H2,1-3H3/b24-7+,29-17+;. The predicted octanol–water partition coefficient (Wildman–Crippen LogP) is 6.88. The summed E-state index contributed by atoms with van der Waals surface area (Å²) in [4.78, 5) is 23.0. The summed E-state index contributed by atoms with van der Waals surface area (Å²) in [6.07, 6.45) is 2.52. The summed E-state index contributed by atoms with van der Waals surface area (Å²) in [6, 6.07) is 11.7. The molecule has 0 N–H and O–H groups in total. The number of carbonyl (C=O) groups excluding carboxylic acids is 1. The number of halogens is 1. The summed E-state index contributed by atoms with van der Waals surface area (Å²) in [5.41, 5.74) is 1.81. The Hall–Kier alpha value is -3.85. The van der Waals surface area contributed by atoms with Gasteiger partial charge in [-0.05, 0) is 83.4 Å². The molecule has 0 radical (unpaired) electrons. The lowest BCUT2D eigenvalue weighted by Crippen LogP contribution is -2.19. The van der Waals surface area contributed by atoms with Crippen LogP contribution in [0, 0.1) is 5.82 Å². The molecule has 0 saturated carbocycles. The highest BCUT2D eigenvalue weighted by Gasteiger charge is 2.17. The van der Waals surface area contributed by atoms with Crippen LogP contribution in [0.15, 0.2) is 64.0 Å². The van der Waals surface area contributed by atoms with Crippen molar-refractivity contribution in [2.75, 3.05) is 20.6 Å². The van der Waals surface area contributed by atoms with Crippen LogP contribution in [0.2, 0.25) is 0 Å². The van der Waals surface area contributed by atoms with Crippen LogP contribution in [0.1, 0.15) is 75.7 Å². The molecule has 0 bridgehead atoms. The number of oxime groups is 1. The van der Waals surface area contributed by atoms with Crippen LogP contribution in [0.3, 0.4) is 0 Å².